The van der Waals surface area contributed by atoms with E-state index in [9.17, 15) is 13.2 Å². The van der Waals surface area contributed by atoms with Crippen molar-refractivity contribution < 1.29 is 17.4 Å². The lowest BCUT2D eigenvalue weighted by molar-refractivity contribution is -0.133. The lowest BCUT2D eigenvalue weighted by Crippen LogP contribution is -2.33. The maximum atomic E-state index is 12.9. The second-order valence-electron chi connectivity index (χ2n) is 9.50. The predicted octanol–water partition coefficient (Wildman–Crippen LogP) is 4.86. The number of carbonyl (C=O) groups is 1. The van der Waals surface area contributed by atoms with Crippen molar-refractivity contribution in [2.45, 2.75) is 67.3 Å². The van der Waals surface area contributed by atoms with E-state index >= 15 is 0 Å². The maximum absolute atomic E-state index is 12.9. The van der Waals surface area contributed by atoms with E-state index in [1.165, 1.54) is 0 Å². The van der Waals surface area contributed by atoms with Crippen molar-refractivity contribution in [3.05, 3.63) is 29.8 Å². The van der Waals surface area contributed by atoms with Gasteiger partial charge < -0.3 is 9.08 Å². The van der Waals surface area contributed by atoms with Gasteiger partial charge in [0.25, 0.3) is 0 Å². The Labute approximate surface area is 171 Å². The molecule has 0 heterocycles. The highest BCUT2D eigenvalue weighted by atomic mass is 32.2. The molecule has 0 aromatic heterocycles. The van der Waals surface area contributed by atoms with Gasteiger partial charge in [-0.1, -0.05) is 53.7 Å². The standard InChI is InChI=1S/C22H37NO4S/c1-17(2)12-13-23(21(24)14-18(3)15-22(4,5)6)16-19-8-10-20(11-9-19)27-28(7,25)26/h8-11,17-18H,12-16H2,1-7H3. The molecule has 0 saturated carbocycles. The Hall–Kier alpha value is -1.56. The minimum absolute atomic E-state index is 0.175. The molecule has 0 radical (unpaired) electrons. The van der Waals surface area contributed by atoms with Crippen LogP contribution in [0.15, 0.2) is 24.3 Å². The molecule has 1 atom stereocenters. The van der Waals surface area contributed by atoms with Gasteiger partial charge in [-0.25, -0.2) is 0 Å². The van der Waals surface area contributed by atoms with Gasteiger partial charge in [-0.3, -0.25) is 4.79 Å². The van der Waals surface area contributed by atoms with Crippen LogP contribution in [0, 0.1) is 17.3 Å². The first-order valence-electron chi connectivity index (χ1n) is 10.0. The molecular weight excluding hydrogens is 374 g/mol. The van der Waals surface area contributed by atoms with Crippen LogP contribution in [0.4, 0.5) is 0 Å². The van der Waals surface area contributed by atoms with E-state index in [4.69, 9.17) is 4.18 Å². The van der Waals surface area contributed by atoms with Crippen LogP contribution < -0.4 is 4.18 Å². The third kappa shape index (κ3) is 10.7. The van der Waals surface area contributed by atoms with Crippen LogP contribution in [0.5, 0.6) is 5.75 Å². The van der Waals surface area contributed by atoms with Crippen LogP contribution >= 0.6 is 0 Å². The quantitative estimate of drug-likeness (QED) is 0.516. The molecule has 0 aliphatic carbocycles. The Bertz CT molecular complexity index is 718. The van der Waals surface area contributed by atoms with E-state index < -0.39 is 10.1 Å². The first-order chi connectivity index (χ1) is 12.7. The van der Waals surface area contributed by atoms with Crippen LogP contribution in [-0.2, 0) is 21.5 Å². The minimum atomic E-state index is -3.54. The van der Waals surface area contributed by atoms with Gasteiger partial charge in [0.1, 0.15) is 5.75 Å². The molecule has 0 N–H and O–H groups in total. The van der Waals surface area contributed by atoms with Crippen molar-refractivity contribution in [2.24, 2.45) is 17.3 Å². The summed E-state index contributed by atoms with van der Waals surface area (Å²) in [5.41, 5.74) is 1.17. The van der Waals surface area contributed by atoms with E-state index in [1.54, 1.807) is 12.1 Å². The number of carbonyl (C=O) groups excluding carboxylic acids is 1. The van der Waals surface area contributed by atoms with Crippen LogP contribution in [0.1, 0.15) is 66.4 Å². The Kier molecular flexibility index (Phi) is 8.99. The van der Waals surface area contributed by atoms with E-state index in [0.717, 1.165) is 31.2 Å². The summed E-state index contributed by atoms with van der Waals surface area (Å²) < 4.78 is 27.3. The molecule has 28 heavy (non-hydrogen) atoms. The fraction of sp³-hybridized carbons (Fsp3) is 0.682. The smallest absolute Gasteiger partial charge is 0.306 e. The molecule has 0 saturated heterocycles. The molecule has 1 aromatic rings. The highest BCUT2D eigenvalue weighted by Crippen LogP contribution is 2.27. The average Bonchev–Trinajstić information content (AvgIpc) is 2.49. The number of benzene rings is 1. The monoisotopic (exact) mass is 411 g/mol. The topological polar surface area (TPSA) is 63.7 Å². The summed E-state index contributed by atoms with van der Waals surface area (Å²) in [5, 5.41) is 0. The number of nitrogens with zero attached hydrogens (tertiary/aromatic N) is 1. The fourth-order valence-corrected chi connectivity index (χ4v) is 3.76. The van der Waals surface area contributed by atoms with Gasteiger partial charge in [0.05, 0.1) is 6.26 Å². The predicted molar refractivity (Wildman–Crippen MR) is 115 cm³/mol. The van der Waals surface area contributed by atoms with Gasteiger partial charge >= 0.3 is 10.1 Å². The summed E-state index contributed by atoms with van der Waals surface area (Å²) in [5.74, 6) is 1.31. The number of hydrogen-bond acceptors (Lipinski definition) is 4. The second kappa shape index (κ2) is 10.3. The minimum Gasteiger partial charge on any atom is -0.383 e. The van der Waals surface area contributed by atoms with Gasteiger partial charge in [0.15, 0.2) is 0 Å². The molecule has 160 valence electrons. The lowest BCUT2D eigenvalue weighted by Gasteiger charge is -2.27. The van der Waals surface area contributed by atoms with Crippen LogP contribution in [0.2, 0.25) is 0 Å². The van der Waals surface area contributed by atoms with Gasteiger partial charge in [0.2, 0.25) is 5.91 Å². The van der Waals surface area contributed by atoms with Crippen molar-refractivity contribution in [1.82, 2.24) is 4.90 Å². The first-order valence-corrected chi connectivity index (χ1v) is 11.8. The molecule has 5 nitrogen and oxygen atoms in total. The van der Waals surface area contributed by atoms with Crippen molar-refractivity contribution in [1.29, 1.82) is 0 Å². The SMILES string of the molecule is CC(C)CCN(Cc1ccc(OS(C)(=O)=O)cc1)C(=O)CC(C)CC(C)(C)C. The summed E-state index contributed by atoms with van der Waals surface area (Å²) >= 11 is 0. The zero-order valence-corrected chi connectivity index (χ0v) is 19.3. The molecule has 1 amide bonds. The summed E-state index contributed by atoms with van der Waals surface area (Å²) in [6, 6.07) is 6.89. The Balaban J connectivity index is 2.82. The number of amides is 1. The highest BCUT2D eigenvalue weighted by molar-refractivity contribution is 7.86. The van der Waals surface area contributed by atoms with E-state index in [-0.39, 0.29) is 17.1 Å². The molecule has 6 heteroatoms. The lowest BCUT2D eigenvalue weighted by atomic mass is 9.84. The Morgan fingerprint density at radius 3 is 2.14 bits per heavy atom. The van der Waals surface area contributed by atoms with Gasteiger partial charge in [-0.05, 0) is 47.8 Å². The van der Waals surface area contributed by atoms with Gasteiger partial charge in [0, 0.05) is 19.5 Å². The fourth-order valence-electron chi connectivity index (χ4n) is 3.30. The van der Waals surface area contributed by atoms with Gasteiger partial charge in [-0.2, -0.15) is 8.42 Å². The van der Waals surface area contributed by atoms with Crippen molar-refractivity contribution in [3.63, 3.8) is 0 Å². The first kappa shape index (κ1) is 24.5. The summed E-state index contributed by atoms with van der Waals surface area (Å²) in [4.78, 5) is 14.9. The van der Waals surface area contributed by atoms with Crippen molar-refractivity contribution in [3.8, 4) is 5.75 Å². The molecule has 0 spiro atoms. The molecule has 0 fully saturated rings. The maximum Gasteiger partial charge on any atom is 0.306 e. The molecule has 0 aliphatic heterocycles. The largest absolute Gasteiger partial charge is 0.383 e. The van der Waals surface area contributed by atoms with Crippen LogP contribution in [0.25, 0.3) is 0 Å². The Morgan fingerprint density at radius 2 is 1.68 bits per heavy atom. The van der Waals surface area contributed by atoms with Crippen LogP contribution in [-0.4, -0.2) is 32.0 Å². The normalized spacial score (nSPS) is 13.4. The molecule has 1 aromatic carbocycles. The molecular formula is C22H37NO4S. The van der Waals surface area contributed by atoms with Crippen molar-refractivity contribution in [2.75, 3.05) is 12.8 Å². The third-order valence-electron chi connectivity index (χ3n) is 4.36. The summed E-state index contributed by atoms with van der Waals surface area (Å²) in [6.07, 6.45) is 3.53. The summed E-state index contributed by atoms with van der Waals surface area (Å²) in [6.45, 7) is 14.3. The molecule has 0 bridgehead atoms. The third-order valence-corrected chi connectivity index (χ3v) is 4.85. The second-order valence-corrected chi connectivity index (χ2v) is 11.1. The van der Waals surface area contributed by atoms with Gasteiger partial charge in [-0.15, -0.1) is 0 Å². The highest BCUT2D eigenvalue weighted by Gasteiger charge is 2.21. The van der Waals surface area contributed by atoms with Crippen LogP contribution in [0.3, 0.4) is 0 Å². The van der Waals surface area contributed by atoms with E-state index in [2.05, 4.69) is 41.5 Å². The van der Waals surface area contributed by atoms with E-state index in [0.29, 0.717) is 24.8 Å². The van der Waals surface area contributed by atoms with Crippen molar-refractivity contribution >= 4 is 16.0 Å². The number of rotatable bonds is 10. The molecule has 0 aliphatic rings. The zero-order chi connectivity index (χ0) is 21.5. The molecule has 1 unspecified atom stereocenters. The molecule has 1 rings (SSSR count). The average molecular weight is 412 g/mol. The summed E-state index contributed by atoms with van der Waals surface area (Å²) in [7, 11) is -3.54. The Morgan fingerprint density at radius 1 is 1.11 bits per heavy atom. The zero-order valence-electron chi connectivity index (χ0n) is 18.5. The van der Waals surface area contributed by atoms with E-state index in [1.807, 2.05) is 17.0 Å². The number of hydrogen-bond donors (Lipinski definition) is 0.